The van der Waals surface area contributed by atoms with Crippen LogP contribution < -0.4 is 9.47 Å². The van der Waals surface area contributed by atoms with Gasteiger partial charge in [-0.05, 0) is 57.9 Å². The van der Waals surface area contributed by atoms with E-state index in [-0.39, 0.29) is 23.6 Å². The van der Waals surface area contributed by atoms with Gasteiger partial charge in [0.1, 0.15) is 34.9 Å². The highest BCUT2D eigenvalue weighted by atomic mass is 32.2. The fraction of sp³-hybridized carbons (Fsp3) is 0.519. The van der Waals surface area contributed by atoms with E-state index in [1.165, 1.54) is 0 Å². The highest BCUT2D eigenvalue weighted by molar-refractivity contribution is 7.91. The van der Waals surface area contributed by atoms with E-state index < -0.39 is 21.2 Å². The van der Waals surface area contributed by atoms with E-state index in [2.05, 4.69) is 15.2 Å². The van der Waals surface area contributed by atoms with Crippen molar-refractivity contribution in [3.63, 3.8) is 0 Å². The lowest BCUT2D eigenvalue weighted by Gasteiger charge is -2.26. The first-order valence-electron chi connectivity index (χ1n) is 12.7. The van der Waals surface area contributed by atoms with E-state index in [4.69, 9.17) is 18.9 Å². The number of pyridine rings is 1. The van der Waals surface area contributed by atoms with Crippen molar-refractivity contribution in [3.05, 3.63) is 59.4 Å². The Morgan fingerprint density at radius 1 is 1.08 bits per heavy atom. The zero-order chi connectivity index (χ0) is 27.4. The molecule has 0 amide bonds. The number of rotatable bonds is 11. The lowest BCUT2D eigenvalue weighted by Crippen LogP contribution is -2.31. The molecule has 0 N–H and O–H groups in total. The van der Waals surface area contributed by atoms with Crippen LogP contribution in [-0.2, 0) is 25.1 Å². The fourth-order valence-corrected chi connectivity index (χ4v) is 5.97. The maximum absolute atomic E-state index is 13.9. The van der Waals surface area contributed by atoms with Crippen LogP contribution >= 0.6 is 0 Å². The molecule has 1 aromatic carbocycles. The van der Waals surface area contributed by atoms with Gasteiger partial charge in [-0.15, -0.1) is 10.2 Å². The number of aromatic nitrogens is 4. The largest absolute Gasteiger partial charge is 0.494 e. The summed E-state index contributed by atoms with van der Waals surface area (Å²) in [6.45, 7) is 8.41. The van der Waals surface area contributed by atoms with Crippen molar-refractivity contribution >= 4 is 9.84 Å². The Bertz CT molecular complexity index is 1310. The first kappa shape index (κ1) is 28.0. The van der Waals surface area contributed by atoms with Crippen LogP contribution in [0.25, 0.3) is 5.69 Å². The average molecular weight is 545 g/mol. The van der Waals surface area contributed by atoms with Gasteiger partial charge in [0, 0.05) is 18.7 Å². The molecule has 38 heavy (non-hydrogen) atoms. The molecule has 1 saturated heterocycles. The third-order valence-electron chi connectivity index (χ3n) is 6.64. The van der Waals surface area contributed by atoms with Gasteiger partial charge >= 0.3 is 0 Å². The zero-order valence-electron chi connectivity index (χ0n) is 22.7. The monoisotopic (exact) mass is 544 g/mol. The molecule has 4 rings (SSSR count). The molecule has 3 aromatic rings. The minimum atomic E-state index is -3.80. The zero-order valence-corrected chi connectivity index (χ0v) is 23.6. The number of methoxy groups -OCH3 is 2. The molecule has 3 atom stereocenters. The molecular formula is C27H36N4O6S. The van der Waals surface area contributed by atoms with Gasteiger partial charge in [0.05, 0.1) is 37.9 Å². The van der Waals surface area contributed by atoms with Crippen LogP contribution in [0, 0.1) is 6.92 Å². The second-order valence-corrected chi connectivity index (χ2v) is 12.1. The van der Waals surface area contributed by atoms with Crippen molar-refractivity contribution in [3.8, 4) is 17.2 Å². The molecule has 1 aliphatic heterocycles. The summed E-state index contributed by atoms with van der Waals surface area (Å²) in [6, 6.07) is 9.12. The highest BCUT2D eigenvalue weighted by Crippen LogP contribution is 2.38. The van der Waals surface area contributed by atoms with E-state index in [9.17, 15) is 8.42 Å². The van der Waals surface area contributed by atoms with Crippen molar-refractivity contribution < 1.29 is 27.4 Å². The van der Waals surface area contributed by atoms with Crippen LogP contribution in [0.15, 0.2) is 36.5 Å². The third kappa shape index (κ3) is 5.84. The summed E-state index contributed by atoms with van der Waals surface area (Å²) in [5, 5.41) is 7.91. The first-order valence-corrected chi connectivity index (χ1v) is 14.4. The maximum Gasteiger partial charge on any atom is 0.163 e. The Morgan fingerprint density at radius 3 is 2.34 bits per heavy atom. The van der Waals surface area contributed by atoms with Gasteiger partial charge in [0.2, 0.25) is 0 Å². The quantitative estimate of drug-likeness (QED) is 0.354. The number of aryl methyl sites for hydroxylation is 1. The van der Waals surface area contributed by atoms with Gasteiger partial charge in [0.25, 0.3) is 0 Å². The molecular weight excluding hydrogens is 508 g/mol. The van der Waals surface area contributed by atoms with Crippen molar-refractivity contribution in [2.24, 2.45) is 0 Å². The molecule has 0 radical (unpaired) electrons. The van der Waals surface area contributed by atoms with Crippen molar-refractivity contribution in [1.82, 2.24) is 19.7 Å². The lowest BCUT2D eigenvalue weighted by molar-refractivity contribution is 0.00404. The SMILES string of the molecule is COc1cccc(OC)c1-n1c(CS(=O)(=O)[C@@H](C)[C@@H](OC(C)C)c2ccc(C)cn2)nnc1C1CCOC1. The topological polar surface area (TPSA) is 115 Å². The number of hydrogen-bond donors (Lipinski definition) is 0. The summed E-state index contributed by atoms with van der Waals surface area (Å²) in [5.41, 5.74) is 2.10. The smallest absolute Gasteiger partial charge is 0.163 e. The first-order chi connectivity index (χ1) is 18.2. The number of benzene rings is 1. The highest BCUT2D eigenvalue weighted by Gasteiger charge is 2.36. The molecule has 3 heterocycles. The average Bonchev–Trinajstić information content (AvgIpc) is 3.56. The molecule has 1 aliphatic rings. The van der Waals surface area contributed by atoms with E-state index >= 15 is 0 Å². The molecule has 1 fully saturated rings. The van der Waals surface area contributed by atoms with Gasteiger partial charge in [0.15, 0.2) is 15.7 Å². The standard InChI is InChI=1S/C27H36N4O6S/c1-17(2)37-26(21-11-10-18(3)14-28-21)19(4)38(32,33)16-24-29-30-27(20-12-13-36-15-20)31(24)25-22(34-5)8-7-9-23(25)35-6/h7-11,14,17,19-20,26H,12-13,15-16H2,1-6H3/t19-,20?,26+/m0/s1. The van der Waals surface area contributed by atoms with E-state index in [0.717, 1.165) is 12.0 Å². The molecule has 2 aromatic heterocycles. The second-order valence-electron chi connectivity index (χ2n) is 9.76. The number of ether oxygens (including phenoxy) is 4. The molecule has 11 heteroatoms. The van der Waals surface area contributed by atoms with Gasteiger partial charge in [-0.1, -0.05) is 12.1 Å². The Morgan fingerprint density at radius 2 is 1.79 bits per heavy atom. The van der Waals surface area contributed by atoms with Crippen LogP contribution in [0.3, 0.4) is 0 Å². The van der Waals surface area contributed by atoms with Crippen LogP contribution in [-0.4, -0.2) is 67.0 Å². The van der Waals surface area contributed by atoms with Crippen LogP contribution in [0.4, 0.5) is 0 Å². The third-order valence-corrected chi connectivity index (χ3v) is 8.68. The maximum atomic E-state index is 13.9. The predicted molar refractivity (Wildman–Crippen MR) is 143 cm³/mol. The molecule has 1 unspecified atom stereocenters. The summed E-state index contributed by atoms with van der Waals surface area (Å²) in [6.07, 6.45) is 1.52. The number of sulfone groups is 1. The van der Waals surface area contributed by atoms with Gasteiger partial charge in [-0.25, -0.2) is 8.42 Å². The lowest BCUT2D eigenvalue weighted by atomic mass is 10.1. The molecule has 0 aliphatic carbocycles. The van der Waals surface area contributed by atoms with E-state index in [1.54, 1.807) is 44.0 Å². The summed E-state index contributed by atoms with van der Waals surface area (Å²) < 4.78 is 52.6. The van der Waals surface area contributed by atoms with Gasteiger partial charge < -0.3 is 18.9 Å². The van der Waals surface area contributed by atoms with E-state index in [1.807, 2.05) is 39.0 Å². The number of para-hydroxylation sites is 1. The Labute approximate surface area is 224 Å². The molecule has 10 nitrogen and oxygen atoms in total. The molecule has 206 valence electrons. The van der Waals surface area contributed by atoms with Crippen molar-refractivity contribution in [1.29, 1.82) is 0 Å². The number of nitrogens with zero attached hydrogens (tertiary/aromatic N) is 4. The van der Waals surface area contributed by atoms with Gasteiger partial charge in [-0.3, -0.25) is 9.55 Å². The Balaban J connectivity index is 1.78. The summed E-state index contributed by atoms with van der Waals surface area (Å²) in [4.78, 5) is 4.47. The fourth-order valence-electron chi connectivity index (χ4n) is 4.58. The summed E-state index contributed by atoms with van der Waals surface area (Å²) in [5.74, 6) is 1.50. The molecule has 0 saturated carbocycles. The second kappa shape index (κ2) is 11.8. The summed E-state index contributed by atoms with van der Waals surface area (Å²) >= 11 is 0. The van der Waals surface area contributed by atoms with Crippen molar-refractivity contribution in [2.75, 3.05) is 27.4 Å². The predicted octanol–water partition coefficient (Wildman–Crippen LogP) is 3.96. The van der Waals surface area contributed by atoms with E-state index in [0.29, 0.717) is 41.9 Å². The Hall–Kier alpha value is -3.02. The molecule has 0 spiro atoms. The summed E-state index contributed by atoms with van der Waals surface area (Å²) in [7, 11) is -0.683. The molecule has 0 bridgehead atoms. The van der Waals surface area contributed by atoms with Crippen LogP contribution in [0.2, 0.25) is 0 Å². The minimum Gasteiger partial charge on any atom is -0.494 e. The normalized spacial score (nSPS) is 17.5. The van der Waals surface area contributed by atoms with Crippen LogP contribution in [0.1, 0.15) is 62.1 Å². The minimum absolute atomic E-state index is 0.0419. The number of hydrogen-bond acceptors (Lipinski definition) is 9. The van der Waals surface area contributed by atoms with Crippen molar-refractivity contribution in [2.45, 2.75) is 63.2 Å². The Kier molecular flexibility index (Phi) is 8.69. The van der Waals surface area contributed by atoms with Gasteiger partial charge in [-0.2, -0.15) is 0 Å². The van der Waals surface area contributed by atoms with Crippen LogP contribution in [0.5, 0.6) is 11.5 Å².